The molecule has 0 aliphatic carbocycles. The summed E-state index contributed by atoms with van der Waals surface area (Å²) in [5, 5.41) is 0. The van der Waals surface area contributed by atoms with E-state index in [1.54, 1.807) is 0 Å². The number of thiol groups is 1. The van der Waals surface area contributed by atoms with Gasteiger partial charge < -0.3 is 0 Å². The van der Waals surface area contributed by atoms with Gasteiger partial charge in [-0.25, -0.2) is 8.78 Å². The van der Waals surface area contributed by atoms with Crippen molar-refractivity contribution in [3.63, 3.8) is 0 Å². The van der Waals surface area contributed by atoms with E-state index in [-0.39, 0.29) is 5.56 Å². The zero-order valence-electron chi connectivity index (χ0n) is 6.56. The van der Waals surface area contributed by atoms with Crippen LogP contribution in [0.1, 0.15) is 12.0 Å². The lowest BCUT2D eigenvalue weighted by atomic mass is 10.1. The lowest BCUT2D eigenvalue weighted by Gasteiger charge is -2.02. The minimum absolute atomic E-state index is 0.173. The first-order valence-electron chi connectivity index (χ1n) is 3.79. The molecule has 0 nitrogen and oxygen atoms in total. The molecule has 0 radical (unpaired) electrons. The molecule has 0 amide bonds. The summed E-state index contributed by atoms with van der Waals surface area (Å²) >= 11 is 3.97. The van der Waals surface area contributed by atoms with Gasteiger partial charge in [-0.2, -0.15) is 12.6 Å². The maximum atomic E-state index is 12.9. The molecule has 0 N–H and O–H groups in total. The Kier molecular flexibility index (Phi) is 3.53. The van der Waals surface area contributed by atoms with Gasteiger partial charge in [-0.15, -0.1) is 0 Å². The SMILES string of the molecule is Fc1cccc(F)c1CCCS. The summed E-state index contributed by atoms with van der Waals surface area (Å²) < 4.78 is 25.8. The highest BCUT2D eigenvalue weighted by Crippen LogP contribution is 2.13. The van der Waals surface area contributed by atoms with Gasteiger partial charge in [0.25, 0.3) is 0 Å². The molecule has 12 heavy (non-hydrogen) atoms. The second-order valence-electron chi connectivity index (χ2n) is 2.53. The predicted molar refractivity (Wildman–Crippen MR) is 48.5 cm³/mol. The van der Waals surface area contributed by atoms with Crippen LogP contribution in [0.5, 0.6) is 0 Å². The molecule has 0 aliphatic heterocycles. The molecule has 0 aromatic heterocycles. The molecule has 0 spiro atoms. The fourth-order valence-electron chi connectivity index (χ4n) is 1.03. The van der Waals surface area contributed by atoms with E-state index in [1.165, 1.54) is 18.2 Å². The van der Waals surface area contributed by atoms with Gasteiger partial charge in [-0.05, 0) is 30.7 Å². The first-order chi connectivity index (χ1) is 5.75. The van der Waals surface area contributed by atoms with E-state index in [0.717, 1.165) is 0 Å². The number of hydrogen-bond acceptors (Lipinski definition) is 1. The van der Waals surface area contributed by atoms with Crippen molar-refractivity contribution in [2.75, 3.05) is 5.75 Å². The molecule has 0 unspecified atom stereocenters. The molecule has 0 saturated heterocycles. The second-order valence-corrected chi connectivity index (χ2v) is 2.97. The van der Waals surface area contributed by atoms with Gasteiger partial charge in [0.1, 0.15) is 11.6 Å². The van der Waals surface area contributed by atoms with Crippen LogP contribution in [0.4, 0.5) is 8.78 Å². The van der Waals surface area contributed by atoms with E-state index in [4.69, 9.17) is 0 Å². The molecule has 0 fully saturated rings. The largest absolute Gasteiger partial charge is 0.207 e. The number of benzene rings is 1. The normalized spacial score (nSPS) is 10.2. The molecule has 1 aromatic rings. The Morgan fingerprint density at radius 1 is 1.17 bits per heavy atom. The van der Waals surface area contributed by atoms with Crippen LogP contribution in [0.25, 0.3) is 0 Å². The van der Waals surface area contributed by atoms with Crippen LogP contribution in [-0.2, 0) is 6.42 Å². The van der Waals surface area contributed by atoms with E-state index in [2.05, 4.69) is 12.6 Å². The Bertz CT molecular complexity index is 240. The minimum atomic E-state index is -0.461. The van der Waals surface area contributed by atoms with E-state index >= 15 is 0 Å². The summed E-state index contributed by atoms with van der Waals surface area (Å²) in [4.78, 5) is 0. The summed E-state index contributed by atoms with van der Waals surface area (Å²) in [6.07, 6.45) is 1.11. The van der Waals surface area contributed by atoms with E-state index in [9.17, 15) is 8.78 Å². The zero-order chi connectivity index (χ0) is 8.97. The third-order valence-corrected chi connectivity index (χ3v) is 1.96. The van der Waals surface area contributed by atoms with Gasteiger partial charge in [-0.1, -0.05) is 6.07 Å². The molecule has 0 bridgehead atoms. The van der Waals surface area contributed by atoms with Crippen molar-refractivity contribution in [1.29, 1.82) is 0 Å². The lowest BCUT2D eigenvalue weighted by molar-refractivity contribution is 0.553. The fraction of sp³-hybridized carbons (Fsp3) is 0.333. The molecule has 66 valence electrons. The highest BCUT2D eigenvalue weighted by atomic mass is 32.1. The van der Waals surface area contributed by atoms with Crippen LogP contribution in [-0.4, -0.2) is 5.75 Å². The van der Waals surface area contributed by atoms with Crippen molar-refractivity contribution < 1.29 is 8.78 Å². The van der Waals surface area contributed by atoms with Crippen LogP contribution in [0, 0.1) is 11.6 Å². The van der Waals surface area contributed by atoms with Crippen LogP contribution in [0.3, 0.4) is 0 Å². The molecule has 1 aromatic carbocycles. The Morgan fingerprint density at radius 3 is 2.25 bits per heavy atom. The predicted octanol–water partition coefficient (Wildman–Crippen LogP) is 2.83. The van der Waals surface area contributed by atoms with Gasteiger partial charge >= 0.3 is 0 Å². The standard InChI is InChI=1S/C9H10F2S/c10-8-4-1-5-9(11)7(8)3-2-6-12/h1,4-5,12H,2-3,6H2. The van der Waals surface area contributed by atoms with Crippen molar-refractivity contribution in [3.05, 3.63) is 35.4 Å². The Hall–Kier alpha value is -0.570. The first-order valence-corrected chi connectivity index (χ1v) is 4.42. The van der Waals surface area contributed by atoms with Gasteiger partial charge in [0.05, 0.1) is 0 Å². The van der Waals surface area contributed by atoms with E-state index < -0.39 is 11.6 Å². The van der Waals surface area contributed by atoms with Crippen LogP contribution >= 0.6 is 12.6 Å². The number of halogens is 2. The van der Waals surface area contributed by atoms with Crippen molar-refractivity contribution in [1.82, 2.24) is 0 Å². The molecule has 3 heteroatoms. The summed E-state index contributed by atoms with van der Waals surface area (Å²) in [6.45, 7) is 0. The van der Waals surface area contributed by atoms with Gasteiger partial charge in [0.2, 0.25) is 0 Å². The average molecular weight is 188 g/mol. The fourth-order valence-corrected chi connectivity index (χ4v) is 1.19. The Labute approximate surface area is 76.0 Å². The topological polar surface area (TPSA) is 0 Å². The minimum Gasteiger partial charge on any atom is -0.207 e. The molecular weight excluding hydrogens is 178 g/mol. The summed E-state index contributed by atoms with van der Waals surface area (Å²) in [7, 11) is 0. The zero-order valence-corrected chi connectivity index (χ0v) is 7.45. The molecule has 0 aliphatic rings. The van der Waals surface area contributed by atoms with Crippen LogP contribution in [0.2, 0.25) is 0 Å². The molecule has 0 saturated carbocycles. The van der Waals surface area contributed by atoms with Gasteiger partial charge in [0, 0.05) is 5.56 Å². The number of hydrogen-bond donors (Lipinski definition) is 1. The van der Waals surface area contributed by atoms with Gasteiger partial charge in [-0.3, -0.25) is 0 Å². The Balaban J connectivity index is 2.81. The van der Waals surface area contributed by atoms with Crippen molar-refractivity contribution in [2.45, 2.75) is 12.8 Å². The third kappa shape index (κ3) is 2.21. The molecule has 0 heterocycles. The highest BCUT2D eigenvalue weighted by Gasteiger charge is 2.06. The van der Waals surface area contributed by atoms with E-state index in [0.29, 0.717) is 18.6 Å². The van der Waals surface area contributed by atoms with Gasteiger partial charge in [0.15, 0.2) is 0 Å². The van der Waals surface area contributed by atoms with Crippen LogP contribution < -0.4 is 0 Å². The highest BCUT2D eigenvalue weighted by molar-refractivity contribution is 7.80. The summed E-state index contributed by atoms with van der Waals surface area (Å²) in [5.74, 6) is -0.276. The van der Waals surface area contributed by atoms with E-state index in [1.807, 2.05) is 0 Å². The summed E-state index contributed by atoms with van der Waals surface area (Å²) in [5.41, 5.74) is 0.173. The maximum Gasteiger partial charge on any atom is 0.129 e. The molecular formula is C9H10F2S. The molecule has 0 atom stereocenters. The third-order valence-electron chi connectivity index (χ3n) is 1.65. The smallest absolute Gasteiger partial charge is 0.129 e. The molecule has 1 rings (SSSR count). The maximum absolute atomic E-state index is 12.9. The quantitative estimate of drug-likeness (QED) is 0.693. The van der Waals surface area contributed by atoms with Crippen molar-refractivity contribution in [3.8, 4) is 0 Å². The van der Waals surface area contributed by atoms with Crippen molar-refractivity contribution >= 4 is 12.6 Å². The van der Waals surface area contributed by atoms with Crippen molar-refractivity contribution in [2.24, 2.45) is 0 Å². The second kappa shape index (κ2) is 4.45. The monoisotopic (exact) mass is 188 g/mol. The number of rotatable bonds is 3. The summed E-state index contributed by atoms with van der Waals surface area (Å²) in [6, 6.07) is 3.92. The Morgan fingerprint density at radius 2 is 1.75 bits per heavy atom. The first kappa shape index (κ1) is 9.52. The average Bonchev–Trinajstić information content (AvgIpc) is 2.04. The lowest BCUT2D eigenvalue weighted by Crippen LogP contribution is -1.95. The van der Waals surface area contributed by atoms with Crippen LogP contribution in [0.15, 0.2) is 18.2 Å².